The zero-order valence-electron chi connectivity index (χ0n) is 9.52. The minimum absolute atomic E-state index is 0.253. The van der Waals surface area contributed by atoms with Gasteiger partial charge in [0.15, 0.2) is 5.78 Å². The van der Waals surface area contributed by atoms with Gasteiger partial charge in [-0.2, -0.15) is 0 Å². The van der Waals surface area contributed by atoms with Crippen molar-refractivity contribution in [3.8, 4) is 0 Å². The third-order valence-corrected chi connectivity index (χ3v) is 2.96. The van der Waals surface area contributed by atoms with Gasteiger partial charge in [-0.3, -0.25) is 4.79 Å². The van der Waals surface area contributed by atoms with E-state index < -0.39 is 0 Å². The molecule has 1 atom stereocenters. The summed E-state index contributed by atoms with van der Waals surface area (Å²) in [4.78, 5) is 12.1. The summed E-state index contributed by atoms with van der Waals surface area (Å²) in [6.07, 6.45) is 9.90. The third-order valence-electron chi connectivity index (χ3n) is 2.96. The van der Waals surface area contributed by atoms with E-state index >= 15 is 0 Å². The minimum Gasteiger partial charge on any atom is -0.294 e. The van der Waals surface area contributed by atoms with Crippen molar-refractivity contribution in [2.45, 2.75) is 19.8 Å². The van der Waals surface area contributed by atoms with Gasteiger partial charge in [0, 0.05) is 12.0 Å². The lowest BCUT2D eigenvalue weighted by atomic mass is 9.91. The molecule has 1 heteroatoms. The second kappa shape index (κ2) is 4.93. The molecule has 0 saturated heterocycles. The number of aryl methyl sites for hydroxylation is 1. The lowest BCUT2D eigenvalue weighted by Gasteiger charge is -2.12. The summed E-state index contributed by atoms with van der Waals surface area (Å²) in [6, 6.07) is 7.80. The zero-order valence-corrected chi connectivity index (χ0v) is 9.52. The molecule has 16 heavy (non-hydrogen) atoms. The number of Topliss-reactive ketones (excluding diaryl/α,β-unsaturated/α-hetero) is 1. The number of carbonyl (C=O) groups excluding carboxylic acids is 1. The van der Waals surface area contributed by atoms with E-state index in [-0.39, 0.29) is 5.78 Å². The molecule has 0 aromatic heterocycles. The Morgan fingerprint density at radius 2 is 2.12 bits per heavy atom. The standard InChI is InChI=1S/C15H16O/c1-12-7-5-6-10-14(12)15(16)11-13-8-3-2-4-9-13/h2-8,10,13H,9,11H2,1H3. The van der Waals surface area contributed by atoms with E-state index in [4.69, 9.17) is 0 Å². The van der Waals surface area contributed by atoms with Gasteiger partial charge in [0.2, 0.25) is 0 Å². The first-order valence-electron chi connectivity index (χ1n) is 5.69. The SMILES string of the molecule is Cc1ccccc1C(=O)CC1C=CC=CC1. The van der Waals surface area contributed by atoms with Crippen LogP contribution in [0.25, 0.3) is 0 Å². The van der Waals surface area contributed by atoms with Gasteiger partial charge >= 0.3 is 0 Å². The molecule has 0 aliphatic heterocycles. The van der Waals surface area contributed by atoms with Gasteiger partial charge in [-0.15, -0.1) is 0 Å². The van der Waals surface area contributed by atoms with Gasteiger partial charge in [-0.1, -0.05) is 48.6 Å². The maximum Gasteiger partial charge on any atom is 0.163 e. The Hall–Kier alpha value is -1.63. The van der Waals surface area contributed by atoms with E-state index in [1.807, 2.05) is 43.3 Å². The van der Waals surface area contributed by atoms with E-state index in [1.54, 1.807) is 0 Å². The first-order valence-corrected chi connectivity index (χ1v) is 5.69. The fraction of sp³-hybridized carbons (Fsp3) is 0.267. The summed E-state index contributed by atoms with van der Waals surface area (Å²) in [5.74, 6) is 0.625. The number of benzene rings is 1. The van der Waals surface area contributed by atoms with E-state index in [0.29, 0.717) is 12.3 Å². The minimum atomic E-state index is 0.253. The predicted octanol–water partition coefficient (Wildman–Crippen LogP) is 3.70. The summed E-state index contributed by atoms with van der Waals surface area (Å²) in [5, 5.41) is 0. The average molecular weight is 212 g/mol. The molecule has 1 aliphatic carbocycles. The molecule has 82 valence electrons. The van der Waals surface area contributed by atoms with Crippen LogP contribution in [-0.4, -0.2) is 5.78 Å². The second-order valence-corrected chi connectivity index (χ2v) is 4.25. The van der Waals surface area contributed by atoms with Crippen LogP contribution in [0, 0.1) is 12.8 Å². The molecule has 0 spiro atoms. The molecule has 0 saturated carbocycles. The van der Waals surface area contributed by atoms with Gasteiger partial charge < -0.3 is 0 Å². The first kappa shape index (κ1) is 10.9. The van der Waals surface area contributed by atoms with Crippen LogP contribution in [0.15, 0.2) is 48.6 Å². The molecule has 1 aromatic carbocycles. The molecule has 0 N–H and O–H groups in total. The molecule has 1 aliphatic rings. The predicted molar refractivity (Wildman–Crippen MR) is 66.5 cm³/mol. The van der Waals surface area contributed by atoms with Crippen LogP contribution in [0.1, 0.15) is 28.8 Å². The van der Waals surface area contributed by atoms with Crippen molar-refractivity contribution >= 4 is 5.78 Å². The van der Waals surface area contributed by atoms with Crippen molar-refractivity contribution in [2.75, 3.05) is 0 Å². The van der Waals surface area contributed by atoms with Crippen LogP contribution >= 0.6 is 0 Å². The number of allylic oxidation sites excluding steroid dienone is 4. The van der Waals surface area contributed by atoms with Crippen molar-refractivity contribution in [3.63, 3.8) is 0 Å². The van der Waals surface area contributed by atoms with Crippen molar-refractivity contribution in [1.82, 2.24) is 0 Å². The molecule has 1 unspecified atom stereocenters. The summed E-state index contributed by atoms with van der Waals surface area (Å²) in [7, 11) is 0. The molecule has 0 heterocycles. The van der Waals surface area contributed by atoms with Crippen LogP contribution in [0.4, 0.5) is 0 Å². The lowest BCUT2D eigenvalue weighted by Crippen LogP contribution is -2.08. The number of carbonyl (C=O) groups is 1. The topological polar surface area (TPSA) is 17.1 Å². The largest absolute Gasteiger partial charge is 0.294 e. The van der Waals surface area contributed by atoms with E-state index in [9.17, 15) is 4.79 Å². The van der Waals surface area contributed by atoms with Crippen LogP contribution in [0.3, 0.4) is 0 Å². The molecular formula is C15H16O. The first-order chi connectivity index (χ1) is 7.77. The Morgan fingerprint density at radius 1 is 1.31 bits per heavy atom. The molecule has 1 nitrogen and oxygen atoms in total. The van der Waals surface area contributed by atoms with Crippen molar-refractivity contribution in [3.05, 3.63) is 59.7 Å². The molecule has 2 rings (SSSR count). The van der Waals surface area contributed by atoms with Gasteiger partial charge in [-0.25, -0.2) is 0 Å². The lowest BCUT2D eigenvalue weighted by molar-refractivity contribution is 0.0969. The number of ketones is 1. The number of hydrogen-bond donors (Lipinski definition) is 0. The van der Waals surface area contributed by atoms with Crippen LogP contribution in [0.5, 0.6) is 0 Å². The van der Waals surface area contributed by atoms with Gasteiger partial charge in [0.05, 0.1) is 0 Å². The van der Waals surface area contributed by atoms with E-state index in [1.165, 1.54) is 0 Å². The Labute approximate surface area is 96.5 Å². The highest BCUT2D eigenvalue weighted by Gasteiger charge is 2.14. The summed E-state index contributed by atoms with van der Waals surface area (Å²) < 4.78 is 0. The molecule has 1 aromatic rings. The van der Waals surface area contributed by atoms with Crippen LogP contribution in [0.2, 0.25) is 0 Å². The summed E-state index contributed by atoms with van der Waals surface area (Å²) >= 11 is 0. The van der Waals surface area contributed by atoms with Crippen molar-refractivity contribution in [1.29, 1.82) is 0 Å². The molecule has 0 fully saturated rings. The van der Waals surface area contributed by atoms with Crippen LogP contribution < -0.4 is 0 Å². The smallest absolute Gasteiger partial charge is 0.163 e. The fourth-order valence-corrected chi connectivity index (χ4v) is 2.02. The normalized spacial score (nSPS) is 18.7. The van der Waals surface area contributed by atoms with Crippen molar-refractivity contribution < 1.29 is 4.79 Å². The third kappa shape index (κ3) is 2.48. The monoisotopic (exact) mass is 212 g/mol. The Kier molecular flexibility index (Phi) is 3.35. The number of hydrogen-bond acceptors (Lipinski definition) is 1. The zero-order chi connectivity index (χ0) is 11.4. The van der Waals surface area contributed by atoms with E-state index in [2.05, 4.69) is 12.2 Å². The maximum absolute atomic E-state index is 12.1. The van der Waals surface area contributed by atoms with Crippen molar-refractivity contribution in [2.24, 2.45) is 5.92 Å². The molecule has 0 bridgehead atoms. The van der Waals surface area contributed by atoms with Gasteiger partial charge in [0.1, 0.15) is 0 Å². The second-order valence-electron chi connectivity index (χ2n) is 4.25. The summed E-state index contributed by atoms with van der Waals surface area (Å²) in [6.45, 7) is 1.99. The molecule has 0 radical (unpaired) electrons. The molecule has 0 amide bonds. The maximum atomic E-state index is 12.1. The summed E-state index contributed by atoms with van der Waals surface area (Å²) in [5.41, 5.74) is 1.94. The number of rotatable bonds is 3. The average Bonchev–Trinajstić information content (AvgIpc) is 2.31. The Morgan fingerprint density at radius 3 is 2.81 bits per heavy atom. The fourth-order valence-electron chi connectivity index (χ4n) is 2.02. The quantitative estimate of drug-likeness (QED) is 0.698. The Balaban J connectivity index is 2.06. The van der Waals surface area contributed by atoms with Gasteiger partial charge in [-0.05, 0) is 24.8 Å². The molecular weight excluding hydrogens is 196 g/mol. The highest BCUT2D eigenvalue weighted by Crippen LogP contribution is 2.19. The highest BCUT2D eigenvalue weighted by atomic mass is 16.1. The Bertz CT molecular complexity index is 441. The van der Waals surface area contributed by atoms with Crippen LogP contribution in [-0.2, 0) is 0 Å². The highest BCUT2D eigenvalue weighted by molar-refractivity contribution is 5.97. The van der Waals surface area contributed by atoms with E-state index in [0.717, 1.165) is 17.5 Å². The van der Waals surface area contributed by atoms with Gasteiger partial charge in [0.25, 0.3) is 0 Å².